The minimum atomic E-state index is 0.310. The number of aromatic nitrogens is 1. The summed E-state index contributed by atoms with van der Waals surface area (Å²) < 4.78 is 0. The largest absolute Gasteiger partial charge is 0.352 e. The molecule has 0 radical (unpaired) electrons. The second-order valence-electron chi connectivity index (χ2n) is 3.72. The maximum Gasteiger partial charge on any atom is 0.163 e. The van der Waals surface area contributed by atoms with Crippen molar-refractivity contribution < 1.29 is 0 Å². The molecule has 1 aromatic heterocycles. The van der Waals surface area contributed by atoms with Crippen LogP contribution in [0.15, 0.2) is 30.5 Å². The lowest BCUT2D eigenvalue weighted by Gasteiger charge is -2.10. The molecule has 0 aliphatic heterocycles. The molecule has 1 aromatic carbocycles. The third-order valence-electron chi connectivity index (χ3n) is 2.43. The van der Waals surface area contributed by atoms with E-state index < -0.39 is 0 Å². The third-order valence-corrected chi connectivity index (χ3v) is 3.15. The van der Waals surface area contributed by atoms with Gasteiger partial charge in [-0.3, -0.25) is 0 Å². The van der Waals surface area contributed by atoms with Gasteiger partial charge in [0.25, 0.3) is 0 Å². The topological polar surface area (TPSA) is 48.7 Å². The van der Waals surface area contributed by atoms with Crippen molar-refractivity contribution in [3.63, 3.8) is 0 Å². The first-order chi connectivity index (χ1) is 8.61. The molecule has 0 bridgehead atoms. The van der Waals surface area contributed by atoms with Crippen molar-refractivity contribution in [2.24, 2.45) is 0 Å². The second kappa shape index (κ2) is 5.26. The van der Waals surface area contributed by atoms with E-state index in [9.17, 15) is 0 Å². The van der Waals surface area contributed by atoms with E-state index in [1.54, 1.807) is 30.5 Å². The molecule has 2 rings (SSSR count). The number of aryl methyl sites for hydroxylation is 1. The molecule has 0 aliphatic carbocycles. The van der Waals surface area contributed by atoms with E-state index >= 15 is 0 Å². The zero-order chi connectivity index (χ0) is 13.1. The minimum Gasteiger partial charge on any atom is -0.352 e. The summed E-state index contributed by atoms with van der Waals surface area (Å²) in [4.78, 5) is 3.96. The van der Waals surface area contributed by atoms with Crippen LogP contribution < -0.4 is 5.32 Å². The lowest BCUT2D eigenvalue weighted by Crippen LogP contribution is -1.96. The van der Waals surface area contributed by atoms with Crippen LogP contribution in [0.2, 0.25) is 10.0 Å². The predicted octanol–water partition coefficient (Wildman–Crippen LogP) is 4.31. The predicted molar refractivity (Wildman–Crippen MR) is 73.4 cm³/mol. The van der Waals surface area contributed by atoms with E-state index in [4.69, 9.17) is 28.5 Å². The average Bonchev–Trinajstić information content (AvgIpc) is 2.36. The Bertz CT molecular complexity index is 633. The smallest absolute Gasteiger partial charge is 0.163 e. The van der Waals surface area contributed by atoms with E-state index in [0.29, 0.717) is 27.1 Å². The molecular formula is C13H9Cl2N3. The van der Waals surface area contributed by atoms with Crippen molar-refractivity contribution in [2.45, 2.75) is 6.92 Å². The third kappa shape index (κ3) is 2.56. The molecule has 1 heterocycles. The number of anilines is 2. The van der Waals surface area contributed by atoms with Crippen LogP contribution in [0.1, 0.15) is 11.3 Å². The van der Waals surface area contributed by atoms with Gasteiger partial charge >= 0.3 is 0 Å². The number of pyridine rings is 1. The Kier molecular flexibility index (Phi) is 3.71. The van der Waals surface area contributed by atoms with Crippen LogP contribution in [-0.2, 0) is 0 Å². The first kappa shape index (κ1) is 12.7. The SMILES string of the molecule is Cc1cc(Cl)c(Nc2cccnc2C#N)cc1Cl. The molecule has 0 amide bonds. The van der Waals surface area contributed by atoms with Crippen molar-refractivity contribution in [1.82, 2.24) is 4.98 Å². The molecule has 0 saturated heterocycles. The van der Waals surface area contributed by atoms with E-state index in [0.717, 1.165) is 5.56 Å². The molecule has 18 heavy (non-hydrogen) atoms. The van der Waals surface area contributed by atoms with Gasteiger partial charge in [0, 0.05) is 11.2 Å². The quantitative estimate of drug-likeness (QED) is 0.890. The molecule has 3 nitrogen and oxygen atoms in total. The highest BCUT2D eigenvalue weighted by atomic mass is 35.5. The first-order valence-corrected chi connectivity index (χ1v) is 5.95. The van der Waals surface area contributed by atoms with Crippen molar-refractivity contribution in [2.75, 3.05) is 5.32 Å². The normalized spacial score (nSPS) is 9.89. The van der Waals surface area contributed by atoms with Crippen molar-refractivity contribution in [1.29, 1.82) is 5.26 Å². The summed E-state index contributed by atoms with van der Waals surface area (Å²) >= 11 is 12.2. The summed E-state index contributed by atoms with van der Waals surface area (Å²) in [5.41, 5.74) is 2.46. The summed E-state index contributed by atoms with van der Waals surface area (Å²) in [7, 11) is 0. The van der Waals surface area contributed by atoms with Crippen LogP contribution in [-0.4, -0.2) is 4.98 Å². The summed E-state index contributed by atoms with van der Waals surface area (Å²) in [6.07, 6.45) is 1.56. The highest BCUT2D eigenvalue weighted by Crippen LogP contribution is 2.31. The molecule has 0 unspecified atom stereocenters. The van der Waals surface area contributed by atoms with Crippen LogP contribution in [0.3, 0.4) is 0 Å². The number of benzene rings is 1. The van der Waals surface area contributed by atoms with Crippen molar-refractivity contribution in [3.05, 3.63) is 51.8 Å². The van der Waals surface area contributed by atoms with E-state index in [1.165, 1.54) is 0 Å². The van der Waals surface area contributed by atoms with Gasteiger partial charge in [0.1, 0.15) is 6.07 Å². The summed E-state index contributed by atoms with van der Waals surface area (Å²) in [5.74, 6) is 0. The first-order valence-electron chi connectivity index (χ1n) is 5.19. The maximum atomic E-state index is 8.95. The Morgan fingerprint density at radius 1 is 1.22 bits per heavy atom. The molecule has 0 saturated carbocycles. The Balaban J connectivity index is 2.41. The maximum absolute atomic E-state index is 8.95. The van der Waals surface area contributed by atoms with Crippen LogP contribution in [0.5, 0.6) is 0 Å². The lowest BCUT2D eigenvalue weighted by atomic mass is 10.2. The van der Waals surface area contributed by atoms with Gasteiger partial charge < -0.3 is 5.32 Å². The molecule has 5 heteroatoms. The highest BCUT2D eigenvalue weighted by molar-refractivity contribution is 6.35. The highest BCUT2D eigenvalue weighted by Gasteiger charge is 2.08. The van der Waals surface area contributed by atoms with Gasteiger partial charge in [-0.05, 0) is 36.8 Å². The molecular weight excluding hydrogens is 269 g/mol. The number of nitriles is 1. The second-order valence-corrected chi connectivity index (χ2v) is 4.53. The fourth-order valence-electron chi connectivity index (χ4n) is 1.48. The van der Waals surface area contributed by atoms with Crippen molar-refractivity contribution >= 4 is 34.6 Å². The van der Waals surface area contributed by atoms with E-state index in [2.05, 4.69) is 10.3 Å². The Morgan fingerprint density at radius 3 is 2.72 bits per heavy atom. The Morgan fingerprint density at radius 2 is 2.00 bits per heavy atom. The average molecular weight is 278 g/mol. The standard InChI is InChI=1S/C13H9Cl2N3/c1-8-5-10(15)12(6-9(8)14)18-11-3-2-4-17-13(11)7-16/h2-6,18H,1H3. The van der Waals surface area contributed by atoms with Crippen molar-refractivity contribution in [3.8, 4) is 6.07 Å². The fourth-order valence-corrected chi connectivity index (χ4v) is 1.91. The van der Waals surface area contributed by atoms with Crippen LogP contribution in [0.25, 0.3) is 0 Å². The number of nitrogens with one attached hydrogen (secondary N) is 1. The zero-order valence-corrected chi connectivity index (χ0v) is 11.0. The summed E-state index contributed by atoms with van der Waals surface area (Å²) in [5, 5.41) is 13.2. The van der Waals surface area contributed by atoms with Gasteiger partial charge in [-0.25, -0.2) is 4.98 Å². The summed E-state index contributed by atoms with van der Waals surface area (Å²) in [6, 6.07) is 9.02. The molecule has 0 aliphatic rings. The number of rotatable bonds is 2. The molecule has 0 atom stereocenters. The van der Waals surface area contributed by atoms with Crippen LogP contribution >= 0.6 is 23.2 Å². The number of hydrogen-bond donors (Lipinski definition) is 1. The van der Waals surface area contributed by atoms with Gasteiger partial charge in [0.15, 0.2) is 5.69 Å². The Hall–Kier alpha value is -1.76. The van der Waals surface area contributed by atoms with E-state index in [-0.39, 0.29) is 0 Å². The summed E-state index contributed by atoms with van der Waals surface area (Å²) in [6.45, 7) is 1.88. The molecule has 2 aromatic rings. The van der Waals surface area contributed by atoms with Gasteiger partial charge in [0.05, 0.1) is 16.4 Å². The molecule has 0 spiro atoms. The van der Waals surface area contributed by atoms with Crippen LogP contribution in [0.4, 0.5) is 11.4 Å². The minimum absolute atomic E-state index is 0.310. The Labute approximate surface area is 115 Å². The fraction of sp³-hybridized carbons (Fsp3) is 0.0769. The monoisotopic (exact) mass is 277 g/mol. The lowest BCUT2D eigenvalue weighted by molar-refractivity contribution is 1.26. The molecule has 90 valence electrons. The van der Waals surface area contributed by atoms with Crippen LogP contribution in [0, 0.1) is 18.3 Å². The number of halogens is 2. The van der Waals surface area contributed by atoms with Gasteiger partial charge in [-0.15, -0.1) is 0 Å². The number of hydrogen-bond acceptors (Lipinski definition) is 3. The van der Waals surface area contributed by atoms with Gasteiger partial charge in [-0.1, -0.05) is 23.2 Å². The molecule has 1 N–H and O–H groups in total. The van der Waals surface area contributed by atoms with Gasteiger partial charge in [-0.2, -0.15) is 5.26 Å². The molecule has 0 fully saturated rings. The number of nitrogens with zero attached hydrogens (tertiary/aromatic N) is 2. The van der Waals surface area contributed by atoms with E-state index in [1.807, 2.05) is 13.0 Å². The van der Waals surface area contributed by atoms with Gasteiger partial charge in [0.2, 0.25) is 0 Å². The zero-order valence-electron chi connectivity index (χ0n) is 9.54.